The van der Waals surface area contributed by atoms with Crippen LogP contribution in [0.25, 0.3) is 75.9 Å². The van der Waals surface area contributed by atoms with Crippen LogP contribution >= 0.6 is 0 Å². The molecule has 418 valence electrons. The summed E-state index contributed by atoms with van der Waals surface area (Å²) < 4.78 is 0. The van der Waals surface area contributed by atoms with Gasteiger partial charge in [-0.25, -0.2) is 39.9 Å². The van der Waals surface area contributed by atoms with Gasteiger partial charge in [-0.15, -0.1) is 0 Å². The molecule has 12 aromatic carbocycles. The van der Waals surface area contributed by atoms with Crippen LogP contribution in [-0.2, 0) is 0 Å². The molecule has 0 unspecified atom stereocenters. The Hall–Kier alpha value is -11.8. The molecule has 12 nitrogen and oxygen atoms in total. The van der Waals surface area contributed by atoms with Gasteiger partial charge in [-0.3, -0.25) is 0 Å². The van der Waals surface area contributed by atoms with Crippen molar-refractivity contribution in [3.8, 4) is 0 Å². The fourth-order valence-corrected chi connectivity index (χ4v) is 13.2. The predicted molar refractivity (Wildman–Crippen MR) is 360 cm³/mol. The second-order valence-corrected chi connectivity index (χ2v) is 22.3. The first-order valence-corrected chi connectivity index (χ1v) is 29.3. The van der Waals surface area contributed by atoms with E-state index in [1.807, 2.05) is 24.8 Å². The van der Waals surface area contributed by atoms with E-state index in [4.69, 9.17) is 19.9 Å². The van der Waals surface area contributed by atoms with Gasteiger partial charge in [-0.05, 0) is 111 Å². The number of nitrogens with zero attached hydrogens (tertiary/aromatic N) is 12. The lowest BCUT2D eigenvalue weighted by atomic mass is 9.88. The van der Waals surface area contributed by atoms with Gasteiger partial charge in [0.25, 0.3) is 0 Å². The molecule has 0 aliphatic heterocycles. The lowest BCUT2D eigenvalue weighted by Crippen LogP contribution is -2.17. The number of rotatable bonds is 12. The van der Waals surface area contributed by atoms with Crippen molar-refractivity contribution >= 4 is 144 Å². The van der Waals surface area contributed by atoms with Gasteiger partial charge < -0.3 is 19.6 Å². The summed E-state index contributed by atoms with van der Waals surface area (Å²) >= 11 is 0. The molecule has 88 heavy (non-hydrogen) atoms. The van der Waals surface area contributed by atoms with Crippen LogP contribution in [-0.4, -0.2) is 39.9 Å². The summed E-state index contributed by atoms with van der Waals surface area (Å²) in [7, 11) is 0. The molecule has 0 saturated carbocycles. The van der Waals surface area contributed by atoms with E-state index in [0.29, 0.717) is 0 Å². The molecule has 0 bridgehead atoms. The summed E-state index contributed by atoms with van der Waals surface area (Å²) in [4.78, 5) is 48.0. The minimum absolute atomic E-state index is 0.819. The fraction of sp³-hybridized carbons (Fsp3) is 0.0526. The molecule has 0 spiro atoms. The lowest BCUT2D eigenvalue weighted by Gasteiger charge is -2.35. The average Bonchev–Trinajstić information content (AvgIpc) is 0.942. The Morgan fingerprint density at radius 3 is 0.693 bits per heavy atom. The first kappa shape index (κ1) is 51.8. The Labute approximate surface area is 507 Å². The van der Waals surface area contributed by atoms with Crippen molar-refractivity contribution in [1.29, 1.82) is 0 Å². The summed E-state index contributed by atoms with van der Waals surface area (Å²) in [5.41, 5.74) is 19.1. The molecule has 12 heteroatoms. The molecule has 0 N–H and O–H groups in total. The van der Waals surface area contributed by atoms with Crippen LogP contribution < -0.4 is 19.6 Å². The zero-order chi connectivity index (χ0) is 59.0. The average molecular weight is 1140 g/mol. The highest BCUT2D eigenvalue weighted by Gasteiger charge is 2.32. The van der Waals surface area contributed by atoms with Crippen molar-refractivity contribution in [2.75, 3.05) is 19.6 Å². The maximum absolute atomic E-state index is 5.07. The molecule has 0 amide bonds. The van der Waals surface area contributed by atoms with E-state index in [-0.39, 0.29) is 0 Å². The zero-order valence-electron chi connectivity index (χ0n) is 48.6. The number of anilines is 12. The summed E-state index contributed by atoms with van der Waals surface area (Å²) in [5.74, 6) is 0. The minimum Gasteiger partial charge on any atom is -0.307 e. The van der Waals surface area contributed by atoms with Crippen LogP contribution in [0, 0.1) is 27.7 Å². The van der Waals surface area contributed by atoms with Crippen LogP contribution in [0.1, 0.15) is 22.3 Å². The Kier molecular flexibility index (Phi) is 12.4. The first-order valence-electron chi connectivity index (χ1n) is 29.3. The van der Waals surface area contributed by atoms with Gasteiger partial charge in [0.15, 0.2) is 0 Å². The number of fused-ring (bicyclic) bond motifs is 4. The topological polar surface area (TPSA) is 116 Å². The third-order valence-corrected chi connectivity index (χ3v) is 17.2. The molecule has 0 saturated heterocycles. The summed E-state index contributed by atoms with van der Waals surface area (Å²) in [6.07, 6.45) is 14.2. The van der Waals surface area contributed by atoms with Crippen LogP contribution in [0.2, 0.25) is 0 Å². The third-order valence-electron chi connectivity index (χ3n) is 17.2. The molecule has 16 rings (SSSR count). The van der Waals surface area contributed by atoms with Gasteiger partial charge in [0.05, 0.1) is 67.6 Å². The maximum Gasteiger partial charge on any atom is 0.116 e. The molecule has 0 aliphatic rings. The summed E-state index contributed by atoms with van der Waals surface area (Å²) in [5, 5.41) is 9.92. The highest BCUT2D eigenvalue weighted by atomic mass is 15.2. The molecule has 0 aliphatic carbocycles. The quantitative estimate of drug-likeness (QED) is 0.108. The number of para-hydroxylation sites is 8. The monoisotopic (exact) mass is 1130 g/mol. The number of hydrogen-bond acceptors (Lipinski definition) is 12. The van der Waals surface area contributed by atoms with Crippen molar-refractivity contribution in [1.82, 2.24) is 39.9 Å². The second kappa shape index (κ2) is 21.1. The van der Waals surface area contributed by atoms with E-state index in [9.17, 15) is 0 Å². The van der Waals surface area contributed by atoms with Gasteiger partial charge in [0.2, 0.25) is 0 Å². The van der Waals surface area contributed by atoms with Crippen LogP contribution in [0.5, 0.6) is 0 Å². The Bertz CT molecular complexity index is 4730. The highest BCUT2D eigenvalue weighted by Crippen LogP contribution is 2.57. The molecule has 0 fully saturated rings. The molecule has 0 atom stereocenters. The number of aromatic nitrogens is 8. The van der Waals surface area contributed by atoms with Gasteiger partial charge in [-0.1, -0.05) is 146 Å². The standard InChI is InChI=1S/C76H54N12/c1-47-17-5-9-25-59(47)85(63-29-13-21-51-39-77-43-81-73(51)63)67-37-68(86(60-26-10-6-18-48(60)2)64-30-14-22-52-40-78-44-82-74(52)64)56-35-36-58-70(88(62-28-12-8-20-50(62)4)66-32-16-24-54-42-80-46-84-76(54)66)38-69(57-34-33-55(67)71(56)72(57)58)87(61-27-11-7-19-49(61)3)65-31-15-23-53-41-79-45-83-75(53)65/h5-46H,1-4H3. The minimum atomic E-state index is 0.819. The van der Waals surface area contributed by atoms with Crippen LogP contribution in [0.15, 0.2) is 256 Å². The fourth-order valence-electron chi connectivity index (χ4n) is 13.2. The normalized spacial score (nSPS) is 11.6. The molecule has 4 aromatic heterocycles. The van der Waals surface area contributed by atoms with Crippen LogP contribution in [0.3, 0.4) is 0 Å². The molecule has 0 radical (unpaired) electrons. The highest BCUT2D eigenvalue weighted by molar-refractivity contribution is 6.33. The zero-order valence-corrected chi connectivity index (χ0v) is 48.6. The molecular weight excluding hydrogens is 1080 g/mol. The maximum atomic E-state index is 5.07. The van der Waals surface area contributed by atoms with Crippen molar-refractivity contribution in [2.24, 2.45) is 0 Å². The summed E-state index contributed by atoms with van der Waals surface area (Å²) in [6, 6.07) is 74.1. The first-order chi connectivity index (χ1) is 43.4. The van der Waals surface area contributed by atoms with Crippen molar-refractivity contribution in [3.05, 3.63) is 279 Å². The Balaban J connectivity index is 1.15. The number of aryl methyl sites for hydroxylation is 4. The van der Waals surface area contributed by atoms with Gasteiger partial charge >= 0.3 is 0 Å². The van der Waals surface area contributed by atoms with Crippen molar-refractivity contribution in [3.63, 3.8) is 0 Å². The van der Waals surface area contributed by atoms with Crippen molar-refractivity contribution in [2.45, 2.75) is 27.7 Å². The van der Waals surface area contributed by atoms with E-state index in [1.54, 1.807) is 25.3 Å². The van der Waals surface area contributed by atoms with Gasteiger partial charge in [0.1, 0.15) is 25.3 Å². The SMILES string of the molecule is Cc1ccccc1N(c1cc(N(c2ccccc2C)c2cccc3cncnc23)c2ccc3c(N(c4ccccc4C)c4cccc5cncnc45)cc(N(c4ccccc4C)c4cccc5cncnc45)c4ccc1c2c43)c1cccc2cncnc12. The Morgan fingerprint density at radius 2 is 0.455 bits per heavy atom. The van der Waals surface area contributed by atoms with E-state index < -0.39 is 0 Å². The summed E-state index contributed by atoms with van der Waals surface area (Å²) in [6.45, 7) is 8.74. The molecule has 16 aromatic rings. The van der Waals surface area contributed by atoms with E-state index in [0.717, 1.165) is 166 Å². The smallest absolute Gasteiger partial charge is 0.116 e. The van der Waals surface area contributed by atoms with Crippen molar-refractivity contribution < 1.29 is 0 Å². The van der Waals surface area contributed by atoms with Crippen LogP contribution in [0.4, 0.5) is 68.2 Å². The van der Waals surface area contributed by atoms with E-state index in [1.165, 1.54) is 0 Å². The number of hydrogen-bond donors (Lipinski definition) is 0. The largest absolute Gasteiger partial charge is 0.307 e. The predicted octanol–water partition coefficient (Wildman–Crippen LogP) is 19.5. The van der Waals surface area contributed by atoms with Gasteiger partial charge in [-0.2, -0.15) is 0 Å². The molecular formula is C76H54N12. The number of benzene rings is 12. The molecule has 4 heterocycles. The van der Waals surface area contributed by atoms with E-state index >= 15 is 0 Å². The lowest BCUT2D eigenvalue weighted by molar-refractivity contribution is 1.19. The Morgan fingerprint density at radius 1 is 0.227 bits per heavy atom. The third kappa shape index (κ3) is 8.36. The second-order valence-electron chi connectivity index (χ2n) is 22.3. The van der Waals surface area contributed by atoms with Gasteiger partial charge in [0, 0.05) is 101 Å². The van der Waals surface area contributed by atoms with E-state index in [2.05, 4.69) is 273 Å².